The van der Waals surface area contributed by atoms with Crippen LogP contribution in [0.4, 0.5) is 0 Å². The number of rotatable bonds is 8. The van der Waals surface area contributed by atoms with E-state index >= 15 is 0 Å². The maximum absolute atomic E-state index is 5.72. The summed E-state index contributed by atoms with van der Waals surface area (Å²) in [7, 11) is 0. The lowest BCUT2D eigenvalue weighted by molar-refractivity contribution is 0.0422. The number of hydrogen-bond acceptors (Lipinski definition) is 1. The Morgan fingerprint density at radius 3 is 2.07 bits per heavy atom. The molecule has 2 unspecified atom stereocenters. The maximum Gasteiger partial charge on any atom is 0.0549 e. The lowest BCUT2D eigenvalue weighted by atomic mass is 9.87. The third kappa shape index (κ3) is 6.42. The van der Waals surface area contributed by atoms with E-state index < -0.39 is 0 Å². The smallest absolute Gasteiger partial charge is 0.0549 e. The molecule has 2 atom stereocenters. The first kappa shape index (κ1) is 14.0. The Morgan fingerprint density at radius 2 is 1.64 bits per heavy atom. The van der Waals surface area contributed by atoms with Crippen molar-refractivity contribution in [2.45, 2.75) is 66.4 Å². The van der Waals surface area contributed by atoms with Crippen molar-refractivity contribution < 1.29 is 4.74 Å². The fourth-order valence-electron chi connectivity index (χ4n) is 1.91. The van der Waals surface area contributed by atoms with Gasteiger partial charge in [-0.15, -0.1) is 0 Å². The Bertz CT molecular complexity index is 120. The summed E-state index contributed by atoms with van der Waals surface area (Å²) in [6.07, 6.45) is 5.44. The summed E-state index contributed by atoms with van der Waals surface area (Å²) < 4.78 is 5.72. The van der Waals surface area contributed by atoms with Crippen LogP contribution in [0, 0.1) is 11.8 Å². The molecule has 0 aliphatic heterocycles. The Morgan fingerprint density at radius 1 is 1.00 bits per heavy atom. The third-order valence-electron chi connectivity index (χ3n) is 2.84. The zero-order valence-electron chi connectivity index (χ0n) is 10.7. The van der Waals surface area contributed by atoms with E-state index in [0.29, 0.717) is 6.10 Å². The molecule has 0 saturated carbocycles. The molecule has 1 heteroatoms. The second-order valence-corrected chi connectivity index (χ2v) is 4.71. The highest BCUT2D eigenvalue weighted by Crippen LogP contribution is 2.23. The quantitative estimate of drug-likeness (QED) is 0.569. The lowest BCUT2D eigenvalue weighted by Gasteiger charge is -2.24. The van der Waals surface area contributed by atoms with Crippen molar-refractivity contribution in [3.63, 3.8) is 0 Å². The molecule has 0 radical (unpaired) electrons. The molecule has 0 bridgehead atoms. The lowest BCUT2D eigenvalue weighted by Crippen LogP contribution is -2.18. The molecular weight excluding hydrogens is 172 g/mol. The van der Waals surface area contributed by atoms with E-state index in [2.05, 4.69) is 34.6 Å². The summed E-state index contributed by atoms with van der Waals surface area (Å²) in [5.41, 5.74) is 0. The third-order valence-corrected chi connectivity index (χ3v) is 2.84. The van der Waals surface area contributed by atoms with Gasteiger partial charge >= 0.3 is 0 Å². The molecule has 0 spiro atoms. The molecule has 0 heterocycles. The number of ether oxygens (including phenoxy) is 1. The van der Waals surface area contributed by atoms with Gasteiger partial charge in [0.1, 0.15) is 0 Å². The molecule has 0 saturated heterocycles. The Hall–Kier alpha value is -0.0400. The van der Waals surface area contributed by atoms with Crippen molar-refractivity contribution in [2.24, 2.45) is 11.8 Å². The molecule has 0 aliphatic carbocycles. The van der Waals surface area contributed by atoms with Gasteiger partial charge in [-0.1, -0.05) is 40.5 Å². The molecule has 0 amide bonds. The van der Waals surface area contributed by atoms with E-state index in [1.54, 1.807) is 0 Å². The topological polar surface area (TPSA) is 9.23 Å². The van der Waals surface area contributed by atoms with E-state index in [9.17, 15) is 0 Å². The molecular formula is C13H28O. The molecule has 0 fully saturated rings. The molecule has 0 aliphatic rings. The van der Waals surface area contributed by atoms with Crippen LogP contribution in [-0.4, -0.2) is 12.7 Å². The van der Waals surface area contributed by atoms with Gasteiger partial charge in [0.05, 0.1) is 6.10 Å². The van der Waals surface area contributed by atoms with Crippen LogP contribution in [0.1, 0.15) is 60.3 Å². The zero-order valence-corrected chi connectivity index (χ0v) is 10.7. The average molecular weight is 200 g/mol. The monoisotopic (exact) mass is 200 g/mol. The van der Waals surface area contributed by atoms with Crippen LogP contribution < -0.4 is 0 Å². The van der Waals surface area contributed by atoms with Gasteiger partial charge in [-0.2, -0.15) is 0 Å². The van der Waals surface area contributed by atoms with Crippen molar-refractivity contribution in [1.82, 2.24) is 0 Å². The van der Waals surface area contributed by atoms with E-state index in [0.717, 1.165) is 24.9 Å². The van der Waals surface area contributed by atoms with E-state index in [4.69, 9.17) is 4.74 Å². The highest BCUT2D eigenvalue weighted by atomic mass is 16.5. The first-order chi connectivity index (χ1) is 6.61. The largest absolute Gasteiger partial charge is 0.379 e. The van der Waals surface area contributed by atoms with Crippen LogP contribution >= 0.6 is 0 Å². The van der Waals surface area contributed by atoms with Crippen LogP contribution in [0.5, 0.6) is 0 Å². The summed E-state index contributed by atoms with van der Waals surface area (Å²) in [6.45, 7) is 12.2. The summed E-state index contributed by atoms with van der Waals surface area (Å²) in [5.74, 6) is 1.63. The fraction of sp³-hybridized carbons (Fsp3) is 1.00. The minimum Gasteiger partial charge on any atom is -0.379 e. The standard InChI is InChI=1S/C13H28O/c1-6-8-13(11(3)4)10-12(5)14-9-7-2/h11-13H,6-10H2,1-5H3. The molecule has 0 aromatic rings. The van der Waals surface area contributed by atoms with Crippen LogP contribution in [0.15, 0.2) is 0 Å². The average Bonchev–Trinajstić information content (AvgIpc) is 2.14. The minimum absolute atomic E-state index is 0.439. The van der Waals surface area contributed by atoms with Crippen molar-refractivity contribution in [2.75, 3.05) is 6.61 Å². The van der Waals surface area contributed by atoms with E-state index in [1.165, 1.54) is 19.3 Å². The van der Waals surface area contributed by atoms with Gasteiger partial charge in [0, 0.05) is 6.61 Å². The van der Waals surface area contributed by atoms with E-state index in [1.807, 2.05) is 0 Å². The molecule has 0 rings (SSSR count). The molecule has 0 aromatic heterocycles. The summed E-state index contributed by atoms with van der Waals surface area (Å²) in [6, 6.07) is 0. The van der Waals surface area contributed by atoms with Gasteiger partial charge in [-0.25, -0.2) is 0 Å². The van der Waals surface area contributed by atoms with Gasteiger partial charge in [-0.3, -0.25) is 0 Å². The van der Waals surface area contributed by atoms with Crippen molar-refractivity contribution in [3.05, 3.63) is 0 Å². The molecule has 86 valence electrons. The highest BCUT2D eigenvalue weighted by Gasteiger charge is 2.15. The van der Waals surface area contributed by atoms with Crippen LogP contribution in [-0.2, 0) is 4.74 Å². The van der Waals surface area contributed by atoms with Crippen molar-refractivity contribution in [1.29, 1.82) is 0 Å². The first-order valence-corrected chi connectivity index (χ1v) is 6.23. The van der Waals surface area contributed by atoms with Gasteiger partial charge in [0.15, 0.2) is 0 Å². The molecule has 0 N–H and O–H groups in total. The first-order valence-electron chi connectivity index (χ1n) is 6.23. The van der Waals surface area contributed by atoms with E-state index in [-0.39, 0.29) is 0 Å². The van der Waals surface area contributed by atoms with Gasteiger partial charge in [0.25, 0.3) is 0 Å². The SMILES string of the molecule is CCCOC(C)CC(CCC)C(C)C. The molecule has 1 nitrogen and oxygen atoms in total. The van der Waals surface area contributed by atoms with Crippen molar-refractivity contribution in [3.8, 4) is 0 Å². The molecule has 14 heavy (non-hydrogen) atoms. The minimum atomic E-state index is 0.439. The summed E-state index contributed by atoms with van der Waals surface area (Å²) >= 11 is 0. The van der Waals surface area contributed by atoms with Crippen LogP contribution in [0.3, 0.4) is 0 Å². The maximum atomic E-state index is 5.72. The van der Waals surface area contributed by atoms with Gasteiger partial charge in [-0.05, 0) is 31.6 Å². The van der Waals surface area contributed by atoms with Crippen LogP contribution in [0.25, 0.3) is 0 Å². The number of hydrogen-bond donors (Lipinski definition) is 0. The van der Waals surface area contributed by atoms with Crippen LogP contribution in [0.2, 0.25) is 0 Å². The summed E-state index contributed by atoms with van der Waals surface area (Å²) in [4.78, 5) is 0. The van der Waals surface area contributed by atoms with Gasteiger partial charge < -0.3 is 4.74 Å². The highest BCUT2D eigenvalue weighted by molar-refractivity contribution is 4.66. The Labute approximate surface area is 90.2 Å². The predicted octanol–water partition coefficient (Wildman–Crippen LogP) is 4.26. The predicted molar refractivity (Wildman–Crippen MR) is 63.6 cm³/mol. The second kappa shape index (κ2) is 8.28. The summed E-state index contributed by atoms with van der Waals surface area (Å²) in [5, 5.41) is 0. The van der Waals surface area contributed by atoms with Gasteiger partial charge in [0.2, 0.25) is 0 Å². The Balaban J connectivity index is 3.77. The fourth-order valence-corrected chi connectivity index (χ4v) is 1.91. The van der Waals surface area contributed by atoms with Crippen molar-refractivity contribution >= 4 is 0 Å². The molecule has 0 aromatic carbocycles. The second-order valence-electron chi connectivity index (χ2n) is 4.71. The normalized spacial score (nSPS) is 15.9. The zero-order chi connectivity index (χ0) is 11.0. The Kier molecular flexibility index (Phi) is 8.26.